The number of hydrogen-bond donors (Lipinski definition) is 1. The zero-order chi connectivity index (χ0) is 14.1. The van der Waals surface area contributed by atoms with E-state index in [1.807, 2.05) is 22.7 Å². The molecule has 0 bridgehead atoms. The summed E-state index contributed by atoms with van der Waals surface area (Å²) in [5.74, 6) is 0.869. The fourth-order valence-electron chi connectivity index (χ4n) is 3.74. The highest BCUT2D eigenvalue weighted by Gasteiger charge is 2.31. The van der Waals surface area contributed by atoms with Crippen molar-refractivity contribution in [3.8, 4) is 0 Å². The Morgan fingerprint density at radius 1 is 1.14 bits per heavy atom. The maximum atomic E-state index is 3.49. The van der Waals surface area contributed by atoms with E-state index in [1.54, 1.807) is 10.4 Å². The van der Waals surface area contributed by atoms with Crippen LogP contribution in [0.1, 0.15) is 34.2 Å². The fraction of sp³-hybridized carbons (Fsp3) is 0.529. The van der Waals surface area contributed by atoms with Crippen LogP contribution in [0.25, 0.3) is 0 Å². The molecule has 0 aliphatic carbocycles. The Hall–Kier alpha value is -0.680. The molecule has 0 amide bonds. The lowest BCUT2D eigenvalue weighted by Crippen LogP contribution is -2.41. The van der Waals surface area contributed by atoms with Crippen LogP contribution in [0.4, 0.5) is 0 Å². The maximum Gasteiger partial charge on any atom is 0.0707 e. The molecule has 1 fully saturated rings. The van der Waals surface area contributed by atoms with Gasteiger partial charge in [0, 0.05) is 22.8 Å². The van der Waals surface area contributed by atoms with E-state index in [0.717, 1.165) is 5.92 Å². The van der Waals surface area contributed by atoms with Crippen molar-refractivity contribution < 1.29 is 0 Å². The Morgan fingerprint density at radius 2 is 2.05 bits per heavy atom. The number of piperidine rings is 1. The number of fused-ring (bicyclic) bond motifs is 1. The maximum absolute atomic E-state index is 3.49. The molecule has 1 atom stereocenters. The van der Waals surface area contributed by atoms with Gasteiger partial charge in [0.05, 0.1) is 6.04 Å². The topological polar surface area (TPSA) is 15.3 Å². The fourth-order valence-corrected chi connectivity index (χ4v) is 5.52. The molecule has 21 heavy (non-hydrogen) atoms. The van der Waals surface area contributed by atoms with Gasteiger partial charge in [-0.3, -0.25) is 4.90 Å². The van der Waals surface area contributed by atoms with Crippen molar-refractivity contribution in [1.82, 2.24) is 10.2 Å². The third kappa shape index (κ3) is 2.82. The van der Waals surface area contributed by atoms with E-state index in [2.05, 4.69) is 39.2 Å². The molecule has 2 aliphatic heterocycles. The third-order valence-electron chi connectivity index (χ3n) is 4.83. The molecule has 2 aromatic rings. The third-order valence-corrected chi connectivity index (χ3v) is 6.75. The molecule has 1 saturated heterocycles. The molecule has 0 radical (unpaired) electrons. The van der Waals surface area contributed by atoms with E-state index < -0.39 is 0 Å². The van der Waals surface area contributed by atoms with Gasteiger partial charge >= 0.3 is 0 Å². The summed E-state index contributed by atoms with van der Waals surface area (Å²) in [5, 5.41) is 7.99. The van der Waals surface area contributed by atoms with Crippen LogP contribution in [0.15, 0.2) is 29.0 Å². The first kappa shape index (κ1) is 13.9. The van der Waals surface area contributed by atoms with Crippen LogP contribution in [0, 0.1) is 5.92 Å². The Balaban J connectivity index is 1.60. The summed E-state index contributed by atoms with van der Waals surface area (Å²) in [6, 6.07) is 7.38. The van der Waals surface area contributed by atoms with E-state index in [-0.39, 0.29) is 0 Å². The Bertz CT molecular complexity index is 569. The monoisotopic (exact) mass is 318 g/mol. The van der Waals surface area contributed by atoms with E-state index in [1.165, 1.54) is 50.3 Å². The summed E-state index contributed by atoms with van der Waals surface area (Å²) in [7, 11) is 0. The summed E-state index contributed by atoms with van der Waals surface area (Å²) < 4.78 is 0. The predicted octanol–water partition coefficient (Wildman–Crippen LogP) is 3.76. The molecule has 0 saturated carbocycles. The van der Waals surface area contributed by atoms with E-state index in [0.29, 0.717) is 6.04 Å². The second-order valence-electron chi connectivity index (χ2n) is 6.16. The van der Waals surface area contributed by atoms with Crippen LogP contribution < -0.4 is 5.32 Å². The zero-order valence-corrected chi connectivity index (χ0v) is 13.9. The van der Waals surface area contributed by atoms with Crippen molar-refractivity contribution in [2.24, 2.45) is 5.92 Å². The first-order valence-corrected chi connectivity index (χ1v) is 9.72. The SMILES string of the molecule is c1csc(C2c3ccsc3CCN2CC2CCNCC2)c1. The Kier molecular flexibility index (Phi) is 4.12. The van der Waals surface area contributed by atoms with Gasteiger partial charge in [0.1, 0.15) is 0 Å². The van der Waals surface area contributed by atoms with Crippen LogP contribution in [0.3, 0.4) is 0 Å². The lowest BCUT2D eigenvalue weighted by molar-refractivity contribution is 0.166. The summed E-state index contributed by atoms with van der Waals surface area (Å²) in [6.07, 6.45) is 3.91. The molecule has 4 heterocycles. The van der Waals surface area contributed by atoms with Crippen LogP contribution in [0.2, 0.25) is 0 Å². The van der Waals surface area contributed by atoms with Gasteiger partial charge in [-0.05, 0) is 66.7 Å². The van der Waals surface area contributed by atoms with Crippen LogP contribution in [-0.4, -0.2) is 31.1 Å². The minimum absolute atomic E-state index is 0.509. The molecule has 4 rings (SSSR count). The quantitative estimate of drug-likeness (QED) is 0.927. The number of rotatable bonds is 3. The lowest BCUT2D eigenvalue weighted by atomic mass is 9.93. The molecule has 0 aromatic carbocycles. The summed E-state index contributed by atoms with van der Waals surface area (Å²) in [4.78, 5) is 5.87. The second-order valence-corrected chi connectivity index (χ2v) is 8.14. The highest BCUT2D eigenvalue weighted by molar-refractivity contribution is 7.10. The Labute approximate surface area is 134 Å². The summed E-state index contributed by atoms with van der Waals surface area (Å²) in [6.45, 7) is 4.89. The number of nitrogens with zero attached hydrogens (tertiary/aromatic N) is 1. The van der Waals surface area contributed by atoms with Gasteiger partial charge in [-0.15, -0.1) is 22.7 Å². The molecule has 1 unspecified atom stereocenters. The van der Waals surface area contributed by atoms with E-state index >= 15 is 0 Å². The van der Waals surface area contributed by atoms with E-state index in [4.69, 9.17) is 0 Å². The van der Waals surface area contributed by atoms with Crippen molar-refractivity contribution in [3.05, 3.63) is 44.3 Å². The largest absolute Gasteiger partial charge is 0.317 e. The molecular formula is C17H22N2S2. The number of hydrogen-bond acceptors (Lipinski definition) is 4. The smallest absolute Gasteiger partial charge is 0.0707 e. The minimum atomic E-state index is 0.509. The summed E-state index contributed by atoms with van der Waals surface area (Å²) >= 11 is 3.86. The molecule has 112 valence electrons. The van der Waals surface area contributed by atoms with Crippen LogP contribution >= 0.6 is 22.7 Å². The summed E-state index contributed by atoms with van der Waals surface area (Å²) in [5.41, 5.74) is 1.57. The van der Waals surface area contributed by atoms with Gasteiger partial charge in [-0.25, -0.2) is 0 Å². The standard InChI is InChI=1S/C17H22N2S2/c1-2-16(20-10-1)17-14-6-11-21-15(14)5-9-19(17)12-13-3-7-18-8-4-13/h1-2,6,10-11,13,17-18H,3-5,7-9,12H2. The van der Waals surface area contributed by atoms with Gasteiger partial charge in [0.2, 0.25) is 0 Å². The molecule has 2 aliphatic rings. The molecule has 0 spiro atoms. The van der Waals surface area contributed by atoms with Crippen LogP contribution in [-0.2, 0) is 6.42 Å². The first-order valence-electron chi connectivity index (χ1n) is 7.96. The van der Waals surface area contributed by atoms with Gasteiger partial charge < -0.3 is 5.32 Å². The van der Waals surface area contributed by atoms with Crippen molar-refractivity contribution in [2.75, 3.05) is 26.2 Å². The highest BCUT2D eigenvalue weighted by Crippen LogP contribution is 2.40. The average molecular weight is 319 g/mol. The van der Waals surface area contributed by atoms with Gasteiger partial charge in [-0.1, -0.05) is 6.07 Å². The predicted molar refractivity (Wildman–Crippen MR) is 91.4 cm³/mol. The molecule has 4 heteroatoms. The first-order chi connectivity index (χ1) is 10.4. The highest BCUT2D eigenvalue weighted by atomic mass is 32.1. The lowest BCUT2D eigenvalue weighted by Gasteiger charge is -2.38. The van der Waals surface area contributed by atoms with Gasteiger partial charge in [0.25, 0.3) is 0 Å². The van der Waals surface area contributed by atoms with Crippen molar-refractivity contribution >= 4 is 22.7 Å². The zero-order valence-electron chi connectivity index (χ0n) is 12.3. The molecular weight excluding hydrogens is 296 g/mol. The second kappa shape index (κ2) is 6.21. The van der Waals surface area contributed by atoms with Crippen molar-refractivity contribution in [2.45, 2.75) is 25.3 Å². The Morgan fingerprint density at radius 3 is 2.86 bits per heavy atom. The van der Waals surface area contributed by atoms with Crippen LogP contribution in [0.5, 0.6) is 0 Å². The van der Waals surface area contributed by atoms with E-state index in [9.17, 15) is 0 Å². The molecule has 2 aromatic heterocycles. The molecule has 1 N–H and O–H groups in total. The normalized spacial score (nSPS) is 24.1. The van der Waals surface area contributed by atoms with Crippen molar-refractivity contribution in [1.29, 1.82) is 0 Å². The average Bonchev–Trinajstić information content (AvgIpc) is 3.19. The van der Waals surface area contributed by atoms with Gasteiger partial charge in [0.15, 0.2) is 0 Å². The van der Waals surface area contributed by atoms with Gasteiger partial charge in [-0.2, -0.15) is 0 Å². The molecule has 2 nitrogen and oxygen atoms in total. The number of nitrogens with one attached hydrogen (secondary N) is 1. The van der Waals surface area contributed by atoms with Crippen molar-refractivity contribution in [3.63, 3.8) is 0 Å². The minimum Gasteiger partial charge on any atom is -0.317 e. The number of thiophene rings is 2.